The first-order chi connectivity index (χ1) is 29.5. The monoisotopic (exact) mass is 948 g/mol. The van der Waals surface area contributed by atoms with Crippen molar-refractivity contribution < 1.29 is 74.8 Å². The molecule has 0 aromatic carbocycles. The molecule has 8 heterocycles. The number of amides is 4. The van der Waals surface area contributed by atoms with Crippen LogP contribution in [0.3, 0.4) is 0 Å². The SMILES string of the molecule is CN(CCOC(=O)Nc1ncnc2c1ncn2[C@@H]1O[C@@H]2COP(O)(=S)O[C@H]3[C@@H](F)[C@H](n4cnc5c(N)ncnc54)O[C@@H]3COP(O)(=S)O[C@H]2[C@H]1F)C(=O)OCN1C(=O)C=CC1=O. The number of rotatable bonds is 8. The van der Waals surface area contributed by atoms with Crippen molar-refractivity contribution in [1.29, 1.82) is 0 Å². The van der Waals surface area contributed by atoms with Crippen molar-refractivity contribution in [2.75, 3.05) is 51.2 Å². The largest absolute Gasteiger partial charge is 0.447 e. The number of likely N-dealkylation sites (N-methyl/N-ethyl adjacent to an activating group) is 1. The minimum atomic E-state index is -4.39. The maximum atomic E-state index is 16.5. The number of halogens is 2. The average Bonchev–Trinajstić information content (AvgIpc) is 4.04. The first-order valence-electron chi connectivity index (χ1n) is 17.9. The molecule has 0 saturated carbocycles. The van der Waals surface area contributed by atoms with Gasteiger partial charge in [-0.1, -0.05) is 0 Å². The van der Waals surface area contributed by atoms with E-state index in [1.54, 1.807) is 0 Å². The summed E-state index contributed by atoms with van der Waals surface area (Å²) in [5.41, 5.74) is 6.04. The zero-order valence-corrected chi connectivity index (χ0v) is 34.9. The van der Waals surface area contributed by atoms with Gasteiger partial charge in [0.15, 0.2) is 60.0 Å². The summed E-state index contributed by atoms with van der Waals surface area (Å²) in [4.78, 5) is 96.5. The van der Waals surface area contributed by atoms with E-state index < -0.39 is 107 Å². The molecule has 3 fully saturated rings. The molecule has 2 unspecified atom stereocenters. The number of nitrogen functional groups attached to an aromatic ring is 1. The third-order valence-electron chi connectivity index (χ3n) is 9.55. The number of nitrogens with one attached hydrogen (secondary N) is 1. The molecule has 4 aromatic rings. The summed E-state index contributed by atoms with van der Waals surface area (Å²) < 4.78 is 79.2. The second-order valence-electron chi connectivity index (χ2n) is 13.5. The molecule has 4 aliphatic rings. The fourth-order valence-electron chi connectivity index (χ4n) is 6.53. The normalized spacial score (nSPS) is 31.4. The topological polar surface area (TPSA) is 314 Å². The molecule has 3 saturated heterocycles. The molecule has 0 spiro atoms. The van der Waals surface area contributed by atoms with Crippen molar-refractivity contribution in [3.8, 4) is 0 Å². The second-order valence-corrected chi connectivity index (χ2v) is 19.1. The van der Waals surface area contributed by atoms with Crippen molar-refractivity contribution in [2.24, 2.45) is 0 Å². The Morgan fingerprint density at radius 3 is 1.98 bits per heavy atom. The van der Waals surface area contributed by atoms with Gasteiger partial charge in [-0.05, 0) is 23.6 Å². The molecule has 32 heteroatoms. The van der Waals surface area contributed by atoms with Gasteiger partial charge in [-0.25, -0.2) is 53.2 Å². The van der Waals surface area contributed by atoms with Gasteiger partial charge in [0.25, 0.3) is 11.8 Å². The zero-order chi connectivity index (χ0) is 44.1. The van der Waals surface area contributed by atoms with Gasteiger partial charge in [0, 0.05) is 19.2 Å². The average molecular weight is 949 g/mol. The Morgan fingerprint density at radius 1 is 0.871 bits per heavy atom. The number of alkyl halides is 2. The summed E-state index contributed by atoms with van der Waals surface area (Å²) >= 11 is 10.4. The third-order valence-corrected chi connectivity index (χ3v) is 12.7. The van der Waals surface area contributed by atoms with E-state index in [9.17, 15) is 29.0 Å². The summed E-state index contributed by atoms with van der Waals surface area (Å²) in [5.74, 6) is -1.42. The van der Waals surface area contributed by atoms with Crippen LogP contribution in [-0.4, -0.2) is 160 Å². The Bertz CT molecular complexity index is 2540. The first-order valence-corrected chi connectivity index (χ1v) is 23.0. The maximum absolute atomic E-state index is 16.5. The number of hydrogen-bond acceptors (Lipinski definition) is 21. The number of hydrogen-bond donors (Lipinski definition) is 4. The number of carbonyl (C=O) groups excluding carboxylic acids is 4. The highest BCUT2D eigenvalue weighted by Gasteiger charge is 2.54. The minimum Gasteiger partial charge on any atom is -0.447 e. The molecule has 332 valence electrons. The fourth-order valence-corrected chi connectivity index (χ4v) is 9.41. The lowest BCUT2D eigenvalue weighted by atomic mass is 10.1. The predicted molar refractivity (Wildman–Crippen MR) is 207 cm³/mol. The Hall–Kier alpha value is -4.84. The molecule has 4 aliphatic heterocycles. The maximum Gasteiger partial charge on any atom is 0.412 e. The van der Waals surface area contributed by atoms with Crippen LogP contribution in [0.1, 0.15) is 12.5 Å². The molecule has 0 bridgehead atoms. The van der Waals surface area contributed by atoms with Crippen LogP contribution in [0.15, 0.2) is 37.5 Å². The van der Waals surface area contributed by atoms with Crippen molar-refractivity contribution in [2.45, 2.75) is 49.2 Å². The number of carbonyl (C=O) groups is 4. The van der Waals surface area contributed by atoms with E-state index in [1.165, 1.54) is 17.9 Å². The standard InChI is InChI=1S/C30H32F2N12O14P2S2/c1-41(30(48)52-12-44-15(45)2-3-16(44)46)4-5-51-29(47)40-24-20-26(37-9-35-24)43(11-39-20)28-18(32)22-14(56-28)7-54-59(49,61)57-21-13(6-53-60(50,62)58-22)55-27(17(21)31)42-10-38-19-23(33)34-8-36-25(19)42/h2-3,8-11,13-14,17-18,21-22,27-28H,4-7,12H2,1H3,(H,49,61)(H,50,62)(H2,33,34,36)(H,35,37,40,47)/t13-,14-,17-,18-,21-,22-,27-,28-,59?,60?/m1/s1. The molecule has 0 radical (unpaired) electrons. The highest BCUT2D eigenvalue weighted by molar-refractivity contribution is 8.07. The van der Waals surface area contributed by atoms with Gasteiger partial charge in [-0.15, -0.1) is 0 Å². The smallest absolute Gasteiger partial charge is 0.412 e. The van der Waals surface area contributed by atoms with Crippen LogP contribution in [0.5, 0.6) is 0 Å². The lowest BCUT2D eigenvalue weighted by Gasteiger charge is -2.29. The molecule has 26 nitrogen and oxygen atoms in total. The Balaban J connectivity index is 0.915. The fraction of sp³-hybridized carbons (Fsp3) is 0.467. The van der Waals surface area contributed by atoms with Crippen LogP contribution in [0.2, 0.25) is 0 Å². The number of aromatic nitrogens is 8. The molecular formula is C30H32F2N12O14P2S2. The van der Waals surface area contributed by atoms with Crippen molar-refractivity contribution in [3.05, 3.63) is 37.5 Å². The molecular weight excluding hydrogens is 916 g/mol. The lowest BCUT2D eigenvalue weighted by Crippen LogP contribution is -2.37. The van der Waals surface area contributed by atoms with Gasteiger partial charge in [-0.3, -0.25) is 33.1 Å². The zero-order valence-electron chi connectivity index (χ0n) is 31.4. The summed E-state index contributed by atoms with van der Waals surface area (Å²) in [7, 11) is 1.33. The molecule has 62 heavy (non-hydrogen) atoms. The summed E-state index contributed by atoms with van der Waals surface area (Å²) in [5, 5.41) is 2.38. The van der Waals surface area contributed by atoms with Crippen LogP contribution < -0.4 is 11.1 Å². The molecule has 8 rings (SSSR count). The Kier molecular flexibility index (Phi) is 12.3. The highest BCUT2D eigenvalue weighted by atomic mass is 32.5. The van der Waals surface area contributed by atoms with Crippen LogP contribution in [0.4, 0.5) is 30.0 Å². The molecule has 4 amide bonds. The number of imide groups is 1. The summed E-state index contributed by atoms with van der Waals surface area (Å²) in [6.45, 7) is -11.2. The highest BCUT2D eigenvalue weighted by Crippen LogP contribution is 2.54. The molecule has 5 N–H and O–H groups in total. The molecule has 4 aromatic heterocycles. The van der Waals surface area contributed by atoms with E-state index in [4.69, 9.17) is 66.4 Å². The van der Waals surface area contributed by atoms with Crippen LogP contribution in [0.25, 0.3) is 22.3 Å². The van der Waals surface area contributed by atoms with E-state index in [2.05, 4.69) is 35.2 Å². The van der Waals surface area contributed by atoms with Gasteiger partial charge < -0.3 is 48.4 Å². The van der Waals surface area contributed by atoms with Gasteiger partial charge in [0.1, 0.15) is 49.2 Å². The number of fused-ring (bicyclic) bond motifs is 4. The number of nitrogens with zero attached hydrogens (tertiary/aromatic N) is 10. The summed E-state index contributed by atoms with van der Waals surface area (Å²) in [6.07, 6.45) is -8.90. The Morgan fingerprint density at radius 2 is 1.40 bits per heavy atom. The molecule has 0 aliphatic carbocycles. The van der Waals surface area contributed by atoms with Crippen molar-refractivity contribution in [1.82, 2.24) is 48.8 Å². The van der Waals surface area contributed by atoms with E-state index in [-0.39, 0.29) is 47.1 Å². The third kappa shape index (κ3) is 8.86. The lowest BCUT2D eigenvalue weighted by molar-refractivity contribution is -0.141. The second kappa shape index (κ2) is 17.4. The van der Waals surface area contributed by atoms with E-state index in [1.807, 2.05) is 0 Å². The van der Waals surface area contributed by atoms with Gasteiger partial charge >= 0.3 is 25.6 Å². The number of ether oxygens (including phenoxy) is 4. The first kappa shape index (κ1) is 43.8. The molecule has 10 atom stereocenters. The van der Waals surface area contributed by atoms with Crippen LogP contribution in [-0.2, 0) is 70.2 Å². The van der Waals surface area contributed by atoms with Crippen LogP contribution >= 0.6 is 13.4 Å². The van der Waals surface area contributed by atoms with Crippen LogP contribution in [0, 0.1) is 0 Å². The van der Waals surface area contributed by atoms with Crippen molar-refractivity contribution in [3.63, 3.8) is 0 Å². The van der Waals surface area contributed by atoms with Gasteiger partial charge in [0.05, 0.1) is 32.4 Å². The van der Waals surface area contributed by atoms with Crippen molar-refractivity contribution >= 4 is 95.0 Å². The van der Waals surface area contributed by atoms with Gasteiger partial charge in [0.2, 0.25) is 0 Å². The van der Waals surface area contributed by atoms with E-state index >= 15 is 8.78 Å². The van der Waals surface area contributed by atoms with Gasteiger partial charge in [-0.2, -0.15) is 0 Å². The Labute approximate surface area is 355 Å². The minimum absolute atomic E-state index is 0.0246. The number of nitrogens with two attached hydrogens (primary N) is 1. The summed E-state index contributed by atoms with van der Waals surface area (Å²) in [6, 6.07) is 0. The van der Waals surface area contributed by atoms with E-state index in [0.717, 1.165) is 40.6 Å². The quantitative estimate of drug-likeness (QED) is 0.138. The predicted octanol–water partition coefficient (Wildman–Crippen LogP) is 0.470. The van der Waals surface area contributed by atoms with E-state index in [0.29, 0.717) is 4.90 Å². The number of imidazole rings is 2. The number of anilines is 2.